The number of rotatable bonds is 4. The molecule has 0 spiro atoms. The second-order valence-corrected chi connectivity index (χ2v) is 5.69. The number of aliphatic hydroxyl groups is 1. The number of aryl methyl sites for hydroxylation is 1. The van der Waals surface area contributed by atoms with Gasteiger partial charge in [-0.1, -0.05) is 43.2 Å². The van der Waals surface area contributed by atoms with Crippen molar-refractivity contribution >= 4 is 0 Å². The Morgan fingerprint density at radius 1 is 1.11 bits per heavy atom. The predicted molar refractivity (Wildman–Crippen MR) is 75.6 cm³/mol. The second kappa shape index (κ2) is 6.35. The maximum absolute atomic E-state index is 10.4. The van der Waals surface area contributed by atoms with Crippen molar-refractivity contribution in [3.63, 3.8) is 0 Å². The van der Waals surface area contributed by atoms with Crippen molar-refractivity contribution in [2.45, 2.75) is 39.2 Å². The first-order valence-electron chi connectivity index (χ1n) is 7.14. The molecule has 0 amide bonds. The third kappa shape index (κ3) is 3.56. The lowest BCUT2D eigenvalue weighted by atomic mass is 9.95. The average Bonchev–Trinajstić information content (AvgIpc) is 2.40. The van der Waals surface area contributed by atoms with Gasteiger partial charge in [0.25, 0.3) is 0 Å². The van der Waals surface area contributed by atoms with Crippen LogP contribution in [-0.2, 0) is 0 Å². The Kier molecular flexibility index (Phi) is 4.79. The van der Waals surface area contributed by atoms with E-state index in [1.165, 1.54) is 37.9 Å². The van der Waals surface area contributed by atoms with Crippen LogP contribution in [0.1, 0.15) is 43.4 Å². The van der Waals surface area contributed by atoms with E-state index in [-0.39, 0.29) is 6.10 Å². The molecule has 1 heterocycles. The molecule has 100 valence electrons. The molecule has 1 aromatic rings. The number of nitrogens with zero attached hydrogens (tertiary/aromatic N) is 1. The van der Waals surface area contributed by atoms with Crippen molar-refractivity contribution in [2.75, 3.05) is 19.6 Å². The van der Waals surface area contributed by atoms with E-state index in [4.69, 9.17) is 0 Å². The maximum Gasteiger partial charge on any atom is 0.0827 e. The van der Waals surface area contributed by atoms with Gasteiger partial charge in [0, 0.05) is 6.54 Å². The fourth-order valence-corrected chi connectivity index (χ4v) is 2.74. The molecule has 0 radical (unpaired) electrons. The zero-order valence-electron chi connectivity index (χ0n) is 11.6. The summed E-state index contributed by atoms with van der Waals surface area (Å²) in [5.74, 6) is 0.297. The standard InChI is InChI=1S/C16H25NO/c1-13-6-8-15(9-7-13)16(18)14(2)12-17-10-4-3-5-11-17/h6-9,14,16,18H,3-5,10-12H2,1-2H3. The number of likely N-dealkylation sites (tertiary alicyclic amines) is 1. The third-order valence-corrected chi connectivity index (χ3v) is 3.95. The van der Waals surface area contributed by atoms with Gasteiger partial charge in [0.05, 0.1) is 6.10 Å². The Morgan fingerprint density at radius 2 is 1.72 bits per heavy atom. The van der Waals surface area contributed by atoms with Gasteiger partial charge in [-0.3, -0.25) is 0 Å². The van der Waals surface area contributed by atoms with Crippen LogP contribution in [0, 0.1) is 12.8 Å². The minimum atomic E-state index is -0.340. The Balaban J connectivity index is 1.91. The van der Waals surface area contributed by atoms with Gasteiger partial charge in [-0.05, 0) is 44.3 Å². The number of hydrogen-bond acceptors (Lipinski definition) is 2. The molecule has 0 bridgehead atoms. The first-order valence-corrected chi connectivity index (χ1v) is 7.14. The monoisotopic (exact) mass is 247 g/mol. The lowest BCUT2D eigenvalue weighted by molar-refractivity contribution is 0.0820. The van der Waals surface area contributed by atoms with Crippen LogP contribution in [0.5, 0.6) is 0 Å². The molecule has 2 heteroatoms. The zero-order chi connectivity index (χ0) is 13.0. The summed E-state index contributed by atoms with van der Waals surface area (Å²) in [5, 5.41) is 10.4. The SMILES string of the molecule is Cc1ccc(C(O)C(C)CN2CCCCC2)cc1. The zero-order valence-corrected chi connectivity index (χ0v) is 11.6. The van der Waals surface area contributed by atoms with E-state index >= 15 is 0 Å². The van der Waals surface area contributed by atoms with Gasteiger partial charge in [-0.15, -0.1) is 0 Å². The highest BCUT2D eigenvalue weighted by molar-refractivity contribution is 5.23. The van der Waals surface area contributed by atoms with Crippen LogP contribution < -0.4 is 0 Å². The molecule has 2 atom stereocenters. The Bertz CT molecular complexity index is 354. The number of hydrogen-bond donors (Lipinski definition) is 1. The number of piperidine rings is 1. The highest BCUT2D eigenvalue weighted by atomic mass is 16.3. The Hall–Kier alpha value is -0.860. The highest BCUT2D eigenvalue weighted by Crippen LogP contribution is 2.24. The summed E-state index contributed by atoms with van der Waals surface area (Å²) in [5.41, 5.74) is 2.29. The van der Waals surface area contributed by atoms with E-state index in [0.29, 0.717) is 5.92 Å². The molecule has 2 nitrogen and oxygen atoms in total. The third-order valence-electron chi connectivity index (χ3n) is 3.95. The van der Waals surface area contributed by atoms with Crippen LogP contribution in [0.4, 0.5) is 0 Å². The summed E-state index contributed by atoms with van der Waals surface area (Å²) in [6, 6.07) is 8.25. The van der Waals surface area contributed by atoms with Crippen molar-refractivity contribution < 1.29 is 5.11 Å². The molecule has 2 rings (SSSR count). The van der Waals surface area contributed by atoms with Crippen molar-refractivity contribution in [2.24, 2.45) is 5.92 Å². The second-order valence-electron chi connectivity index (χ2n) is 5.69. The molecule has 1 aromatic carbocycles. The molecule has 1 aliphatic heterocycles. The maximum atomic E-state index is 10.4. The minimum absolute atomic E-state index is 0.297. The molecule has 1 aliphatic rings. The summed E-state index contributed by atoms with van der Waals surface area (Å²) in [6.45, 7) is 7.64. The Morgan fingerprint density at radius 3 is 2.33 bits per heavy atom. The summed E-state index contributed by atoms with van der Waals surface area (Å²) in [7, 11) is 0. The predicted octanol–water partition coefficient (Wildman–Crippen LogP) is 3.15. The van der Waals surface area contributed by atoms with Crippen molar-refractivity contribution in [1.29, 1.82) is 0 Å². The molecule has 1 fully saturated rings. The molecular formula is C16H25NO. The van der Waals surface area contributed by atoms with Crippen LogP contribution in [0.25, 0.3) is 0 Å². The normalized spacial score (nSPS) is 20.6. The molecule has 1 saturated heterocycles. The minimum Gasteiger partial charge on any atom is -0.388 e. The van der Waals surface area contributed by atoms with E-state index in [9.17, 15) is 5.11 Å². The van der Waals surface area contributed by atoms with Crippen LogP contribution in [0.3, 0.4) is 0 Å². The van der Waals surface area contributed by atoms with Crippen molar-refractivity contribution in [3.8, 4) is 0 Å². The summed E-state index contributed by atoms with van der Waals surface area (Å²) in [4.78, 5) is 2.49. The van der Waals surface area contributed by atoms with Crippen LogP contribution in [0.15, 0.2) is 24.3 Å². The highest BCUT2D eigenvalue weighted by Gasteiger charge is 2.20. The molecule has 18 heavy (non-hydrogen) atoms. The first-order chi connectivity index (χ1) is 8.66. The van der Waals surface area contributed by atoms with Gasteiger partial charge < -0.3 is 10.0 Å². The van der Waals surface area contributed by atoms with Gasteiger partial charge in [-0.25, -0.2) is 0 Å². The van der Waals surface area contributed by atoms with Gasteiger partial charge in [0.1, 0.15) is 0 Å². The van der Waals surface area contributed by atoms with Gasteiger partial charge in [0.2, 0.25) is 0 Å². The summed E-state index contributed by atoms with van der Waals surface area (Å²) in [6.07, 6.45) is 3.65. The average molecular weight is 247 g/mol. The fourth-order valence-electron chi connectivity index (χ4n) is 2.74. The summed E-state index contributed by atoms with van der Waals surface area (Å²) < 4.78 is 0. The van der Waals surface area contributed by atoms with E-state index in [2.05, 4.69) is 30.9 Å². The van der Waals surface area contributed by atoms with E-state index in [0.717, 1.165) is 12.1 Å². The topological polar surface area (TPSA) is 23.5 Å². The smallest absolute Gasteiger partial charge is 0.0827 e. The molecule has 0 saturated carbocycles. The molecule has 1 N–H and O–H groups in total. The Labute approximate surface area is 111 Å². The van der Waals surface area contributed by atoms with Gasteiger partial charge in [-0.2, -0.15) is 0 Å². The van der Waals surface area contributed by atoms with Crippen LogP contribution in [0.2, 0.25) is 0 Å². The number of benzene rings is 1. The van der Waals surface area contributed by atoms with Crippen molar-refractivity contribution in [3.05, 3.63) is 35.4 Å². The largest absolute Gasteiger partial charge is 0.388 e. The molecule has 2 unspecified atom stereocenters. The van der Waals surface area contributed by atoms with Crippen LogP contribution in [-0.4, -0.2) is 29.6 Å². The molecular weight excluding hydrogens is 222 g/mol. The van der Waals surface area contributed by atoms with Gasteiger partial charge in [0.15, 0.2) is 0 Å². The lowest BCUT2D eigenvalue weighted by Gasteiger charge is -2.31. The number of aliphatic hydroxyl groups excluding tert-OH is 1. The quantitative estimate of drug-likeness (QED) is 0.883. The van der Waals surface area contributed by atoms with Crippen LogP contribution >= 0.6 is 0 Å². The molecule has 0 aromatic heterocycles. The van der Waals surface area contributed by atoms with Crippen molar-refractivity contribution in [1.82, 2.24) is 4.90 Å². The first kappa shape index (κ1) is 13.6. The summed E-state index contributed by atoms with van der Waals surface area (Å²) >= 11 is 0. The fraction of sp³-hybridized carbons (Fsp3) is 0.625. The van der Waals surface area contributed by atoms with E-state index < -0.39 is 0 Å². The van der Waals surface area contributed by atoms with E-state index in [1.807, 2.05) is 12.1 Å². The van der Waals surface area contributed by atoms with E-state index in [1.54, 1.807) is 0 Å². The van der Waals surface area contributed by atoms with Gasteiger partial charge >= 0.3 is 0 Å². The lowest BCUT2D eigenvalue weighted by Crippen LogP contribution is -2.35. The molecule has 0 aliphatic carbocycles.